The Balaban J connectivity index is 2.34. The van der Waals surface area contributed by atoms with Crippen LogP contribution in [0.4, 0.5) is 11.6 Å². The molecule has 4 heteroatoms. The Labute approximate surface area is 97.6 Å². The summed E-state index contributed by atoms with van der Waals surface area (Å²) in [5, 5.41) is 11.1. The Bertz CT molecular complexity index is 284. The monoisotopic (exact) mass is 222 g/mol. The van der Waals surface area contributed by atoms with E-state index in [1.54, 1.807) is 6.07 Å². The lowest BCUT2D eigenvalue weighted by atomic mass is 9.99. The van der Waals surface area contributed by atoms with E-state index in [4.69, 9.17) is 5.73 Å². The number of unbranched alkanes of at least 4 members (excludes halogenated alkanes) is 1. The largest absolute Gasteiger partial charge is 0.382 e. The minimum atomic E-state index is 0.462. The molecule has 0 aromatic carbocycles. The van der Waals surface area contributed by atoms with Crippen LogP contribution >= 0.6 is 0 Å². The molecule has 0 radical (unpaired) electrons. The van der Waals surface area contributed by atoms with E-state index in [9.17, 15) is 0 Å². The first-order chi connectivity index (χ1) is 7.76. The normalized spacial score (nSPS) is 12.4. The summed E-state index contributed by atoms with van der Waals surface area (Å²) in [6.45, 7) is 5.43. The van der Waals surface area contributed by atoms with Crippen LogP contribution in [0.1, 0.15) is 39.5 Å². The van der Waals surface area contributed by atoms with E-state index >= 15 is 0 Å². The highest BCUT2D eigenvalue weighted by Crippen LogP contribution is 2.13. The van der Waals surface area contributed by atoms with Crippen LogP contribution in [-0.4, -0.2) is 16.7 Å². The molecular weight excluding hydrogens is 200 g/mol. The lowest BCUT2D eigenvalue weighted by Crippen LogP contribution is -2.14. The van der Waals surface area contributed by atoms with Crippen molar-refractivity contribution in [3.8, 4) is 0 Å². The summed E-state index contributed by atoms with van der Waals surface area (Å²) in [6, 6.07) is 3.64. The molecule has 0 amide bonds. The van der Waals surface area contributed by atoms with E-state index in [2.05, 4.69) is 29.4 Å². The number of rotatable bonds is 7. The molecule has 0 aliphatic carbocycles. The fourth-order valence-electron chi connectivity index (χ4n) is 1.63. The third kappa shape index (κ3) is 4.47. The van der Waals surface area contributed by atoms with E-state index in [1.807, 2.05) is 6.07 Å². The molecule has 90 valence electrons. The van der Waals surface area contributed by atoms with Gasteiger partial charge in [0, 0.05) is 6.54 Å². The first-order valence-corrected chi connectivity index (χ1v) is 6.09. The van der Waals surface area contributed by atoms with Crippen LogP contribution in [-0.2, 0) is 0 Å². The number of nitrogens with one attached hydrogen (secondary N) is 1. The van der Waals surface area contributed by atoms with Gasteiger partial charge in [-0.05, 0) is 24.5 Å². The van der Waals surface area contributed by atoms with Gasteiger partial charge in [0.05, 0.1) is 0 Å². The fourth-order valence-corrected chi connectivity index (χ4v) is 1.63. The van der Waals surface area contributed by atoms with Crippen LogP contribution in [0.5, 0.6) is 0 Å². The summed E-state index contributed by atoms with van der Waals surface area (Å²) in [7, 11) is 0. The average molecular weight is 222 g/mol. The molecule has 1 atom stereocenters. The van der Waals surface area contributed by atoms with Crippen molar-refractivity contribution in [2.75, 3.05) is 17.6 Å². The summed E-state index contributed by atoms with van der Waals surface area (Å²) in [5.74, 6) is 1.99. The molecule has 3 N–H and O–H groups in total. The van der Waals surface area contributed by atoms with Gasteiger partial charge < -0.3 is 11.1 Å². The Morgan fingerprint density at radius 2 is 2.12 bits per heavy atom. The Kier molecular flexibility index (Phi) is 5.61. The minimum Gasteiger partial charge on any atom is -0.382 e. The predicted molar refractivity (Wildman–Crippen MR) is 68.2 cm³/mol. The Morgan fingerprint density at radius 3 is 2.69 bits per heavy atom. The van der Waals surface area contributed by atoms with E-state index in [-0.39, 0.29) is 0 Å². The van der Waals surface area contributed by atoms with Gasteiger partial charge in [0.1, 0.15) is 11.6 Å². The second-order valence-corrected chi connectivity index (χ2v) is 4.14. The van der Waals surface area contributed by atoms with Crippen LogP contribution in [0.3, 0.4) is 0 Å². The van der Waals surface area contributed by atoms with Gasteiger partial charge in [-0.3, -0.25) is 0 Å². The maximum Gasteiger partial charge on any atom is 0.148 e. The molecule has 0 saturated heterocycles. The number of nitrogens with two attached hydrogens (primary N) is 1. The van der Waals surface area contributed by atoms with Gasteiger partial charge in [0.25, 0.3) is 0 Å². The van der Waals surface area contributed by atoms with Gasteiger partial charge in [-0.1, -0.05) is 33.1 Å². The van der Waals surface area contributed by atoms with Crippen LogP contribution in [0, 0.1) is 5.92 Å². The van der Waals surface area contributed by atoms with Gasteiger partial charge >= 0.3 is 0 Å². The molecule has 1 aromatic heterocycles. The third-order valence-corrected chi connectivity index (χ3v) is 2.80. The number of aromatic nitrogens is 2. The van der Waals surface area contributed by atoms with Crippen molar-refractivity contribution in [1.82, 2.24) is 10.2 Å². The van der Waals surface area contributed by atoms with Crippen molar-refractivity contribution >= 4 is 11.6 Å². The number of nitrogen functional groups attached to an aromatic ring is 1. The van der Waals surface area contributed by atoms with Crippen molar-refractivity contribution in [3.63, 3.8) is 0 Å². The van der Waals surface area contributed by atoms with Gasteiger partial charge in [-0.25, -0.2) is 0 Å². The number of anilines is 2. The minimum absolute atomic E-state index is 0.462. The maximum atomic E-state index is 5.47. The van der Waals surface area contributed by atoms with Crippen molar-refractivity contribution in [2.45, 2.75) is 39.5 Å². The van der Waals surface area contributed by atoms with Gasteiger partial charge in [0.2, 0.25) is 0 Å². The van der Waals surface area contributed by atoms with E-state index < -0.39 is 0 Å². The molecule has 0 aliphatic heterocycles. The van der Waals surface area contributed by atoms with Gasteiger partial charge in [-0.2, -0.15) is 0 Å². The van der Waals surface area contributed by atoms with Crippen molar-refractivity contribution in [3.05, 3.63) is 12.1 Å². The highest BCUT2D eigenvalue weighted by molar-refractivity contribution is 5.38. The predicted octanol–water partition coefficient (Wildman–Crippen LogP) is 2.69. The Hall–Kier alpha value is -1.32. The van der Waals surface area contributed by atoms with Crippen LogP contribution < -0.4 is 11.1 Å². The van der Waals surface area contributed by atoms with Crippen molar-refractivity contribution in [1.29, 1.82) is 0 Å². The molecule has 1 rings (SSSR count). The summed E-state index contributed by atoms with van der Waals surface area (Å²) in [4.78, 5) is 0. The SMILES string of the molecule is CCCCC(CC)CNc1ccc(N)nn1. The third-order valence-electron chi connectivity index (χ3n) is 2.80. The quantitative estimate of drug-likeness (QED) is 0.744. The van der Waals surface area contributed by atoms with Crippen LogP contribution in [0.2, 0.25) is 0 Å². The molecule has 1 heterocycles. The zero-order valence-electron chi connectivity index (χ0n) is 10.2. The lowest BCUT2D eigenvalue weighted by molar-refractivity contribution is 0.472. The Morgan fingerprint density at radius 1 is 1.31 bits per heavy atom. The first-order valence-electron chi connectivity index (χ1n) is 6.09. The van der Waals surface area contributed by atoms with Crippen molar-refractivity contribution < 1.29 is 0 Å². The average Bonchev–Trinajstić information content (AvgIpc) is 2.32. The summed E-state index contributed by atoms with van der Waals surface area (Å²) in [5.41, 5.74) is 5.47. The molecule has 0 aliphatic rings. The molecule has 0 fully saturated rings. The van der Waals surface area contributed by atoms with Crippen LogP contribution in [0.25, 0.3) is 0 Å². The molecule has 0 spiro atoms. The highest BCUT2D eigenvalue weighted by Gasteiger charge is 2.05. The number of hydrogen-bond acceptors (Lipinski definition) is 4. The maximum absolute atomic E-state index is 5.47. The number of hydrogen-bond donors (Lipinski definition) is 2. The highest BCUT2D eigenvalue weighted by atomic mass is 15.2. The molecule has 1 aromatic rings. The fraction of sp³-hybridized carbons (Fsp3) is 0.667. The summed E-state index contributed by atoms with van der Waals surface area (Å²) >= 11 is 0. The summed E-state index contributed by atoms with van der Waals surface area (Å²) < 4.78 is 0. The van der Waals surface area contributed by atoms with Gasteiger partial charge in [-0.15, -0.1) is 10.2 Å². The van der Waals surface area contributed by atoms with E-state index in [0.29, 0.717) is 5.82 Å². The van der Waals surface area contributed by atoms with E-state index in [0.717, 1.165) is 18.3 Å². The standard InChI is InChI=1S/C12H22N4/c1-3-5-6-10(4-2)9-14-12-8-7-11(13)15-16-12/h7-8,10H,3-6,9H2,1-2H3,(H2,13,15)(H,14,16). The molecule has 1 unspecified atom stereocenters. The molecule has 0 bridgehead atoms. The molecule has 4 nitrogen and oxygen atoms in total. The molecule has 16 heavy (non-hydrogen) atoms. The molecule has 0 saturated carbocycles. The first kappa shape index (κ1) is 12.7. The second kappa shape index (κ2) is 7.04. The topological polar surface area (TPSA) is 63.8 Å². The lowest BCUT2D eigenvalue weighted by Gasteiger charge is -2.15. The van der Waals surface area contributed by atoms with Crippen LogP contribution in [0.15, 0.2) is 12.1 Å². The smallest absolute Gasteiger partial charge is 0.148 e. The zero-order valence-corrected chi connectivity index (χ0v) is 10.2. The van der Waals surface area contributed by atoms with Crippen molar-refractivity contribution in [2.24, 2.45) is 5.92 Å². The summed E-state index contributed by atoms with van der Waals surface area (Å²) in [6.07, 6.45) is 5.05. The van der Waals surface area contributed by atoms with E-state index in [1.165, 1.54) is 25.7 Å². The number of nitrogens with zero attached hydrogens (tertiary/aromatic N) is 2. The zero-order chi connectivity index (χ0) is 11.8. The second-order valence-electron chi connectivity index (χ2n) is 4.14. The van der Waals surface area contributed by atoms with Gasteiger partial charge in [0.15, 0.2) is 0 Å². The molecular formula is C12H22N4.